The molecule has 0 fully saturated rings. The van der Waals surface area contributed by atoms with Gasteiger partial charge >= 0.3 is 5.97 Å². The molecule has 5 heteroatoms. The summed E-state index contributed by atoms with van der Waals surface area (Å²) in [6.45, 7) is 2.12. The number of aromatic carboxylic acids is 1. The first kappa shape index (κ1) is 16.4. The van der Waals surface area contributed by atoms with E-state index in [1.165, 1.54) is 23.9 Å². The number of aryl methyl sites for hydroxylation is 1. The van der Waals surface area contributed by atoms with Gasteiger partial charge in [0.25, 0.3) is 0 Å². The van der Waals surface area contributed by atoms with E-state index in [9.17, 15) is 14.3 Å². The molecular formula is C17H18FNO2S. The van der Waals surface area contributed by atoms with Crippen LogP contribution in [-0.4, -0.2) is 11.1 Å². The van der Waals surface area contributed by atoms with Crippen molar-refractivity contribution in [3.05, 3.63) is 53.3 Å². The predicted molar refractivity (Wildman–Crippen MR) is 86.9 cm³/mol. The van der Waals surface area contributed by atoms with E-state index < -0.39 is 11.8 Å². The Labute approximate surface area is 133 Å². The van der Waals surface area contributed by atoms with Crippen LogP contribution in [0.15, 0.2) is 46.2 Å². The van der Waals surface area contributed by atoms with Crippen molar-refractivity contribution in [3.63, 3.8) is 0 Å². The predicted octanol–water partition coefficient (Wildman–Crippen LogP) is 4.60. The fourth-order valence-electron chi connectivity index (χ4n) is 2.14. The zero-order valence-electron chi connectivity index (χ0n) is 12.3. The second kappa shape index (κ2) is 7.31. The molecule has 0 aliphatic heterocycles. The lowest BCUT2D eigenvalue weighted by Crippen LogP contribution is -2.01. The minimum absolute atomic E-state index is 0.0524. The van der Waals surface area contributed by atoms with E-state index in [0.717, 1.165) is 35.8 Å². The van der Waals surface area contributed by atoms with Crippen LogP contribution in [0.3, 0.4) is 0 Å². The molecule has 2 rings (SSSR count). The molecule has 0 saturated heterocycles. The highest BCUT2D eigenvalue weighted by Gasteiger charge is 2.14. The van der Waals surface area contributed by atoms with Crippen LogP contribution in [0, 0.1) is 5.82 Å². The summed E-state index contributed by atoms with van der Waals surface area (Å²) >= 11 is 1.25. The van der Waals surface area contributed by atoms with Gasteiger partial charge in [-0.05, 0) is 42.7 Å². The highest BCUT2D eigenvalue weighted by atomic mass is 32.2. The van der Waals surface area contributed by atoms with Crippen LogP contribution in [-0.2, 0) is 6.42 Å². The number of carboxylic acid groups (broad SMARTS) is 1. The number of halogens is 1. The lowest BCUT2D eigenvalue weighted by molar-refractivity contribution is 0.0692. The smallest absolute Gasteiger partial charge is 0.336 e. The second-order valence-electron chi connectivity index (χ2n) is 4.98. The van der Waals surface area contributed by atoms with E-state index in [1.807, 2.05) is 18.2 Å². The maximum atomic E-state index is 13.2. The van der Waals surface area contributed by atoms with Gasteiger partial charge in [0.15, 0.2) is 0 Å². The van der Waals surface area contributed by atoms with Crippen molar-refractivity contribution in [2.24, 2.45) is 0 Å². The third-order valence-corrected chi connectivity index (χ3v) is 4.50. The van der Waals surface area contributed by atoms with Crippen LogP contribution in [0.5, 0.6) is 0 Å². The van der Waals surface area contributed by atoms with Crippen LogP contribution < -0.4 is 5.73 Å². The Bertz CT molecular complexity index is 688. The van der Waals surface area contributed by atoms with Crippen molar-refractivity contribution < 1.29 is 14.3 Å². The molecule has 0 atom stereocenters. The molecule has 0 aliphatic carbocycles. The molecule has 0 saturated carbocycles. The maximum Gasteiger partial charge on any atom is 0.336 e. The van der Waals surface area contributed by atoms with Gasteiger partial charge in [0.05, 0.1) is 5.56 Å². The summed E-state index contributed by atoms with van der Waals surface area (Å²) in [5, 5.41) is 9.20. The van der Waals surface area contributed by atoms with Crippen LogP contribution in [0.1, 0.15) is 35.7 Å². The second-order valence-corrected chi connectivity index (χ2v) is 6.06. The molecular weight excluding hydrogens is 301 g/mol. The van der Waals surface area contributed by atoms with E-state index in [-0.39, 0.29) is 5.56 Å². The molecule has 116 valence electrons. The summed E-state index contributed by atoms with van der Waals surface area (Å²) < 4.78 is 13.2. The molecule has 0 unspecified atom stereocenters. The van der Waals surface area contributed by atoms with Gasteiger partial charge in [-0.3, -0.25) is 0 Å². The molecule has 22 heavy (non-hydrogen) atoms. The van der Waals surface area contributed by atoms with E-state index >= 15 is 0 Å². The maximum absolute atomic E-state index is 13.2. The van der Waals surface area contributed by atoms with Gasteiger partial charge in [0.1, 0.15) is 5.82 Å². The largest absolute Gasteiger partial charge is 0.478 e. The number of para-hydroxylation sites is 1. The molecule has 0 bridgehead atoms. The lowest BCUT2D eigenvalue weighted by atomic mass is 10.1. The Kier molecular flexibility index (Phi) is 5.44. The molecule has 0 radical (unpaired) electrons. The number of anilines is 1. The summed E-state index contributed by atoms with van der Waals surface area (Å²) in [6, 6.07) is 9.51. The van der Waals surface area contributed by atoms with Crippen LogP contribution in [0.4, 0.5) is 10.1 Å². The number of nitrogen functional groups attached to an aromatic ring is 1. The Hall–Kier alpha value is -2.01. The summed E-state index contributed by atoms with van der Waals surface area (Å²) in [6.07, 6.45) is 3.03. The zero-order chi connectivity index (χ0) is 16.1. The fraction of sp³-hybridized carbons (Fsp3) is 0.235. The number of benzene rings is 2. The van der Waals surface area contributed by atoms with E-state index in [1.54, 1.807) is 0 Å². The van der Waals surface area contributed by atoms with Crippen molar-refractivity contribution >= 4 is 23.4 Å². The van der Waals surface area contributed by atoms with Crippen molar-refractivity contribution in [3.8, 4) is 0 Å². The molecule has 0 heterocycles. The van der Waals surface area contributed by atoms with Gasteiger partial charge in [0.2, 0.25) is 0 Å². The van der Waals surface area contributed by atoms with Crippen LogP contribution in [0.25, 0.3) is 0 Å². The fourth-order valence-corrected chi connectivity index (χ4v) is 3.16. The quantitative estimate of drug-likeness (QED) is 0.764. The molecule has 0 spiro atoms. The lowest BCUT2D eigenvalue weighted by Gasteiger charge is -2.12. The number of hydrogen-bond donors (Lipinski definition) is 2. The van der Waals surface area contributed by atoms with Crippen molar-refractivity contribution in [2.45, 2.75) is 36.0 Å². The average molecular weight is 319 g/mol. The monoisotopic (exact) mass is 319 g/mol. The number of carbonyl (C=O) groups is 1. The number of unbranched alkanes of at least 4 members (excludes halogenated alkanes) is 1. The van der Waals surface area contributed by atoms with Crippen LogP contribution >= 0.6 is 11.8 Å². The van der Waals surface area contributed by atoms with Gasteiger partial charge < -0.3 is 10.8 Å². The highest BCUT2D eigenvalue weighted by Crippen LogP contribution is 2.36. The summed E-state index contributed by atoms with van der Waals surface area (Å²) in [5.41, 5.74) is 7.86. The molecule has 3 nitrogen and oxygen atoms in total. The van der Waals surface area contributed by atoms with E-state index in [0.29, 0.717) is 10.6 Å². The molecule has 2 aromatic carbocycles. The van der Waals surface area contributed by atoms with Gasteiger partial charge in [-0.2, -0.15) is 0 Å². The average Bonchev–Trinajstić information content (AvgIpc) is 2.49. The summed E-state index contributed by atoms with van der Waals surface area (Å²) in [7, 11) is 0. The minimum atomic E-state index is -1.15. The first-order valence-electron chi connectivity index (χ1n) is 7.11. The Morgan fingerprint density at radius 1 is 1.27 bits per heavy atom. The molecule has 0 aromatic heterocycles. The van der Waals surface area contributed by atoms with Gasteiger partial charge in [-0.25, -0.2) is 9.18 Å². The van der Waals surface area contributed by atoms with Gasteiger partial charge in [-0.15, -0.1) is 0 Å². The number of rotatable bonds is 6. The Morgan fingerprint density at radius 2 is 2.05 bits per heavy atom. The topological polar surface area (TPSA) is 63.3 Å². The minimum Gasteiger partial charge on any atom is -0.478 e. The SMILES string of the molecule is CCCCc1cccc(Sc2ccc(F)cc2C(=O)O)c1N. The standard InChI is InChI=1S/C17H18FNO2S/c1-2-3-5-11-6-4-7-15(16(11)19)22-14-9-8-12(18)10-13(14)17(20)21/h4,6-10H,2-3,5,19H2,1H3,(H,20,21). The molecule has 2 aromatic rings. The van der Waals surface area contributed by atoms with Gasteiger partial charge in [0, 0.05) is 15.5 Å². The van der Waals surface area contributed by atoms with Crippen molar-refractivity contribution in [1.29, 1.82) is 0 Å². The molecule has 0 aliphatic rings. The van der Waals surface area contributed by atoms with Crippen molar-refractivity contribution in [1.82, 2.24) is 0 Å². The van der Waals surface area contributed by atoms with Gasteiger partial charge in [-0.1, -0.05) is 37.2 Å². The first-order valence-corrected chi connectivity index (χ1v) is 7.92. The third-order valence-electron chi connectivity index (χ3n) is 3.35. The van der Waals surface area contributed by atoms with Crippen LogP contribution in [0.2, 0.25) is 0 Å². The number of carboxylic acids is 1. The van der Waals surface area contributed by atoms with E-state index in [4.69, 9.17) is 5.73 Å². The number of hydrogen-bond acceptors (Lipinski definition) is 3. The first-order chi connectivity index (χ1) is 10.5. The summed E-state index contributed by atoms with van der Waals surface area (Å²) in [5.74, 6) is -1.71. The third kappa shape index (κ3) is 3.80. The highest BCUT2D eigenvalue weighted by molar-refractivity contribution is 7.99. The van der Waals surface area contributed by atoms with E-state index in [2.05, 4.69) is 6.92 Å². The Balaban J connectivity index is 2.33. The molecule has 0 amide bonds. The Morgan fingerprint density at radius 3 is 2.73 bits per heavy atom. The summed E-state index contributed by atoms with van der Waals surface area (Å²) in [4.78, 5) is 12.5. The molecule has 3 N–H and O–H groups in total. The van der Waals surface area contributed by atoms with Crippen molar-refractivity contribution in [2.75, 3.05) is 5.73 Å². The number of nitrogens with two attached hydrogens (primary N) is 1. The zero-order valence-corrected chi connectivity index (χ0v) is 13.1. The normalized spacial score (nSPS) is 10.6.